The van der Waals surface area contributed by atoms with Gasteiger partial charge < -0.3 is 5.32 Å². The molecule has 1 N–H and O–H groups in total. The molecule has 0 saturated carbocycles. The SMILES string of the molecule is CCNCCCC(C)n1cncn1. The number of aromatic nitrogens is 3. The Morgan fingerprint density at radius 2 is 2.38 bits per heavy atom. The van der Waals surface area contributed by atoms with Crippen molar-refractivity contribution >= 4 is 0 Å². The minimum Gasteiger partial charge on any atom is -0.317 e. The van der Waals surface area contributed by atoms with Crippen molar-refractivity contribution in [1.29, 1.82) is 0 Å². The summed E-state index contributed by atoms with van der Waals surface area (Å²) >= 11 is 0. The van der Waals surface area contributed by atoms with E-state index in [-0.39, 0.29) is 0 Å². The van der Waals surface area contributed by atoms with E-state index in [1.807, 2.05) is 4.68 Å². The van der Waals surface area contributed by atoms with Gasteiger partial charge in [-0.3, -0.25) is 4.68 Å². The smallest absolute Gasteiger partial charge is 0.137 e. The molecule has 0 fully saturated rings. The number of nitrogens with one attached hydrogen (secondary N) is 1. The summed E-state index contributed by atoms with van der Waals surface area (Å²) in [5, 5.41) is 7.40. The zero-order valence-electron chi connectivity index (χ0n) is 8.40. The third-order valence-electron chi connectivity index (χ3n) is 2.11. The second-order valence-electron chi connectivity index (χ2n) is 3.22. The topological polar surface area (TPSA) is 42.7 Å². The lowest BCUT2D eigenvalue weighted by Gasteiger charge is -2.10. The molecule has 1 aromatic heterocycles. The van der Waals surface area contributed by atoms with Crippen molar-refractivity contribution in [3.05, 3.63) is 12.7 Å². The lowest BCUT2D eigenvalue weighted by Crippen LogP contribution is -2.15. The summed E-state index contributed by atoms with van der Waals surface area (Å²) in [6, 6.07) is 0.459. The average molecular weight is 182 g/mol. The van der Waals surface area contributed by atoms with E-state index in [0.717, 1.165) is 19.5 Å². The van der Waals surface area contributed by atoms with E-state index >= 15 is 0 Å². The van der Waals surface area contributed by atoms with Crippen molar-refractivity contribution in [1.82, 2.24) is 20.1 Å². The zero-order valence-corrected chi connectivity index (χ0v) is 8.40. The first-order valence-corrected chi connectivity index (χ1v) is 4.89. The molecule has 1 rings (SSSR count). The molecule has 0 radical (unpaired) electrons. The molecule has 1 heterocycles. The van der Waals surface area contributed by atoms with E-state index in [2.05, 4.69) is 29.2 Å². The van der Waals surface area contributed by atoms with Crippen LogP contribution in [0, 0.1) is 0 Å². The second kappa shape index (κ2) is 5.70. The normalized spacial score (nSPS) is 13.1. The van der Waals surface area contributed by atoms with Crippen LogP contribution < -0.4 is 5.32 Å². The van der Waals surface area contributed by atoms with Gasteiger partial charge in [-0.1, -0.05) is 6.92 Å². The molecule has 0 aliphatic heterocycles. The van der Waals surface area contributed by atoms with Gasteiger partial charge in [0.05, 0.1) is 6.04 Å². The predicted molar refractivity (Wildman–Crippen MR) is 52.5 cm³/mol. The quantitative estimate of drug-likeness (QED) is 0.673. The van der Waals surface area contributed by atoms with Crippen molar-refractivity contribution < 1.29 is 0 Å². The molecule has 13 heavy (non-hydrogen) atoms. The molecule has 1 unspecified atom stereocenters. The fraction of sp³-hybridized carbons (Fsp3) is 0.778. The average Bonchev–Trinajstić information content (AvgIpc) is 2.65. The molecule has 74 valence electrons. The molecule has 4 heteroatoms. The Kier molecular flexibility index (Phi) is 4.46. The first-order valence-electron chi connectivity index (χ1n) is 4.89. The fourth-order valence-corrected chi connectivity index (χ4v) is 1.28. The molecule has 1 aromatic rings. The summed E-state index contributed by atoms with van der Waals surface area (Å²) in [6.07, 6.45) is 5.70. The van der Waals surface area contributed by atoms with E-state index in [1.54, 1.807) is 12.7 Å². The van der Waals surface area contributed by atoms with Gasteiger partial charge in [0.15, 0.2) is 0 Å². The molecule has 0 aliphatic carbocycles. The summed E-state index contributed by atoms with van der Waals surface area (Å²) in [5.41, 5.74) is 0. The van der Waals surface area contributed by atoms with Crippen molar-refractivity contribution in [3.63, 3.8) is 0 Å². The van der Waals surface area contributed by atoms with Gasteiger partial charge in [0.2, 0.25) is 0 Å². The van der Waals surface area contributed by atoms with Crippen molar-refractivity contribution in [2.24, 2.45) is 0 Å². The highest BCUT2D eigenvalue weighted by molar-refractivity contribution is 4.65. The van der Waals surface area contributed by atoms with Crippen molar-refractivity contribution in [2.45, 2.75) is 32.7 Å². The largest absolute Gasteiger partial charge is 0.317 e. The monoisotopic (exact) mass is 182 g/mol. The van der Waals surface area contributed by atoms with Gasteiger partial charge in [-0.25, -0.2) is 4.98 Å². The van der Waals surface area contributed by atoms with Crippen molar-refractivity contribution in [3.8, 4) is 0 Å². The van der Waals surface area contributed by atoms with Crippen LogP contribution in [0.25, 0.3) is 0 Å². The predicted octanol–water partition coefficient (Wildman–Crippen LogP) is 1.23. The molecule has 0 bridgehead atoms. The Bertz CT molecular complexity index is 207. The number of hydrogen-bond donors (Lipinski definition) is 1. The van der Waals surface area contributed by atoms with Crippen LogP contribution in [0.4, 0.5) is 0 Å². The summed E-state index contributed by atoms with van der Waals surface area (Å²) < 4.78 is 1.91. The van der Waals surface area contributed by atoms with E-state index in [0.29, 0.717) is 6.04 Å². The number of hydrogen-bond acceptors (Lipinski definition) is 3. The summed E-state index contributed by atoms with van der Waals surface area (Å²) in [4.78, 5) is 3.92. The Balaban J connectivity index is 2.15. The third-order valence-corrected chi connectivity index (χ3v) is 2.11. The highest BCUT2D eigenvalue weighted by atomic mass is 15.3. The third kappa shape index (κ3) is 3.55. The number of rotatable bonds is 6. The van der Waals surface area contributed by atoms with Gasteiger partial charge in [0.1, 0.15) is 12.7 Å². The standard InChI is InChI=1S/C9H18N4/c1-3-10-6-4-5-9(2)13-8-11-7-12-13/h7-10H,3-6H2,1-2H3. The maximum atomic E-state index is 4.10. The van der Waals surface area contributed by atoms with Gasteiger partial charge in [-0.2, -0.15) is 5.10 Å². The Morgan fingerprint density at radius 3 is 3.00 bits per heavy atom. The van der Waals surface area contributed by atoms with E-state index < -0.39 is 0 Å². The molecule has 0 saturated heterocycles. The van der Waals surface area contributed by atoms with Crippen LogP contribution in [0.2, 0.25) is 0 Å². The van der Waals surface area contributed by atoms with Gasteiger partial charge in [0.25, 0.3) is 0 Å². The van der Waals surface area contributed by atoms with Gasteiger partial charge >= 0.3 is 0 Å². The summed E-state index contributed by atoms with van der Waals surface area (Å²) in [6.45, 7) is 6.44. The van der Waals surface area contributed by atoms with Crippen LogP contribution >= 0.6 is 0 Å². The van der Waals surface area contributed by atoms with Gasteiger partial charge in [0, 0.05) is 0 Å². The van der Waals surface area contributed by atoms with Crippen molar-refractivity contribution in [2.75, 3.05) is 13.1 Å². The van der Waals surface area contributed by atoms with Gasteiger partial charge in [-0.05, 0) is 32.9 Å². The maximum Gasteiger partial charge on any atom is 0.137 e. The molecular formula is C9H18N4. The molecule has 0 amide bonds. The lowest BCUT2D eigenvalue weighted by atomic mass is 10.2. The first kappa shape index (κ1) is 10.2. The number of nitrogens with zero attached hydrogens (tertiary/aromatic N) is 3. The zero-order chi connectivity index (χ0) is 9.52. The van der Waals surface area contributed by atoms with Crippen LogP contribution in [0.1, 0.15) is 32.7 Å². The first-order chi connectivity index (χ1) is 6.34. The summed E-state index contributed by atoms with van der Waals surface area (Å²) in [7, 11) is 0. The van der Waals surface area contributed by atoms with Crippen LogP contribution in [-0.2, 0) is 0 Å². The maximum absolute atomic E-state index is 4.10. The van der Waals surface area contributed by atoms with E-state index in [4.69, 9.17) is 0 Å². The molecule has 4 nitrogen and oxygen atoms in total. The molecule has 0 aliphatic rings. The minimum atomic E-state index is 0.459. The fourth-order valence-electron chi connectivity index (χ4n) is 1.28. The Hall–Kier alpha value is -0.900. The van der Waals surface area contributed by atoms with E-state index in [1.165, 1.54) is 6.42 Å². The highest BCUT2D eigenvalue weighted by Gasteiger charge is 2.03. The van der Waals surface area contributed by atoms with Crippen LogP contribution in [0.5, 0.6) is 0 Å². The molecular weight excluding hydrogens is 164 g/mol. The minimum absolute atomic E-state index is 0.459. The van der Waals surface area contributed by atoms with Crippen LogP contribution in [0.15, 0.2) is 12.7 Å². The summed E-state index contributed by atoms with van der Waals surface area (Å²) in [5.74, 6) is 0. The molecule has 0 spiro atoms. The Morgan fingerprint density at radius 1 is 1.54 bits per heavy atom. The second-order valence-corrected chi connectivity index (χ2v) is 3.22. The van der Waals surface area contributed by atoms with Crippen LogP contribution in [0.3, 0.4) is 0 Å². The van der Waals surface area contributed by atoms with Gasteiger partial charge in [-0.15, -0.1) is 0 Å². The highest BCUT2D eigenvalue weighted by Crippen LogP contribution is 2.09. The van der Waals surface area contributed by atoms with Crippen LogP contribution in [-0.4, -0.2) is 27.9 Å². The Labute approximate surface area is 79.4 Å². The lowest BCUT2D eigenvalue weighted by molar-refractivity contribution is 0.439. The molecule has 0 aromatic carbocycles. The molecule has 1 atom stereocenters. The van der Waals surface area contributed by atoms with E-state index in [9.17, 15) is 0 Å².